The lowest BCUT2D eigenvalue weighted by atomic mass is 9.69. The summed E-state index contributed by atoms with van der Waals surface area (Å²) in [6.07, 6.45) is 13.9. The predicted molar refractivity (Wildman–Crippen MR) is 82.2 cm³/mol. The van der Waals surface area contributed by atoms with E-state index in [1.165, 1.54) is 51.4 Å². The number of ether oxygens (including phenoxy) is 1. The smallest absolute Gasteiger partial charge is 0.0648 e. The number of hydrogen-bond acceptors (Lipinski definition) is 1. The predicted octanol–water partition coefficient (Wildman–Crippen LogP) is 5.21. The van der Waals surface area contributed by atoms with Crippen molar-refractivity contribution in [3.05, 3.63) is 12.7 Å². The molecule has 2 saturated carbocycles. The van der Waals surface area contributed by atoms with Crippen LogP contribution in [0.25, 0.3) is 0 Å². The Morgan fingerprint density at radius 2 is 1.53 bits per heavy atom. The molecule has 110 valence electrons. The Morgan fingerprint density at radius 1 is 1.00 bits per heavy atom. The molecular weight excluding hydrogens is 232 g/mol. The largest absolute Gasteiger partial charge is 0.374 e. The van der Waals surface area contributed by atoms with Crippen molar-refractivity contribution in [3.63, 3.8) is 0 Å². The molecule has 2 aliphatic carbocycles. The number of hydrogen-bond donors (Lipinski definition) is 0. The fraction of sp³-hybridized carbons (Fsp3) is 0.889. The zero-order valence-electron chi connectivity index (χ0n) is 12.9. The summed E-state index contributed by atoms with van der Waals surface area (Å²) in [5.74, 6) is 3.84. The van der Waals surface area contributed by atoms with Gasteiger partial charge in [0.15, 0.2) is 0 Å². The molecule has 0 spiro atoms. The Morgan fingerprint density at radius 3 is 2.05 bits per heavy atom. The van der Waals surface area contributed by atoms with E-state index in [4.69, 9.17) is 4.74 Å². The van der Waals surface area contributed by atoms with Gasteiger partial charge in [-0.25, -0.2) is 0 Å². The van der Waals surface area contributed by atoms with Crippen molar-refractivity contribution in [3.8, 4) is 0 Å². The van der Waals surface area contributed by atoms with Crippen molar-refractivity contribution in [2.45, 2.75) is 71.3 Å². The van der Waals surface area contributed by atoms with Gasteiger partial charge in [0.2, 0.25) is 0 Å². The topological polar surface area (TPSA) is 9.23 Å². The third-order valence-corrected chi connectivity index (χ3v) is 5.68. The molecule has 2 fully saturated rings. The minimum atomic E-state index is 0.422. The van der Waals surface area contributed by atoms with E-state index in [2.05, 4.69) is 20.4 Å². The second-order valence-corrected chi connectivity index (χ2v) is 7.02. The fourth-order valence-corrected chi connectivity index (χ4v) is 4.20. The molecule has 2 rings (SSSR count). The van der Waals surface area contributed by atoms with Gasteiger partial charge in [-0.1, -0.05) is 25.8 Å². The standard InChI is InChI=1S/C18H32O/c1-4-13-19-15(3)16-9-11-18(12-10-16)17-7-5-14(2)6-8-17/h4,14-18H,1,5-13H2,2-3H3/t14?,15?,16-,17?,18-. The lowest BCUT2D eigenvalue weighted by molar-refractivity contribution is 0.0156. The molecule has 1 nitrogen and oxygen atoms in total. The summed E-state index contributed by atoms with van der Waals surface area (Å²) >= 11 is 0. The molecule has 0 heterocycles. The molecular formula is C18H32O. The molecule has 1 unspecified atom stereocenters. The zero-order valence-corrected chi connectivity index (χ0v) is 12.9. The summed E-state index contributed by atoms with van der Waals surface area (Å²) in [5.41, 5.74) is 0. The SMILES string of the molecule is C=CCOC(C)[C@H]1CC[C@H](C2CCC(C)CC2)CC1. The van der Waals surface area contributed by atoms with Gasteiger partial charge in [0.1, 0.15) is 0 Å². The lowest BCUT2D eigenvalue weighted by Crippen LogP contribution is -2.30. The van der Waals surface area contributed by atoms with Crippen LogP contribution in [0.2, 0.25) is 0 Å². The third-order valence-electron chi connectivity index (χ3n) is 5.68. The van der Waals surface area contributed by atoms with Crippen LogP contribution in [-0.4, -0.2) is 12.7 Å². The van der Waals surface area contributed by atoms with Gasteiger partial charge < -0.3 is 4.74 Å². The first-order valence-electron chi connectivity index (χ1n) is 8.43. The van der Waals surface area contributed by atoms with Crippen LogP contribution in [-0.2, 0) is 4.74 Å². The molecule has 0 aromatic carbocycles. The second-order valence-electron chi connectivity index (χ2n) is 7.02. The quantitative estimate of drug-likeness (QED) is 0.619. The summed E-state index contributed by atoms with van der Waals surface area (Å²) < 4.78 is 5.81. The van der Waals surface area contributed by atoms with Crippen LogP contribution in [0, 0.1) is 23.7 Å². The van der Waals surface area contributed by atoms with Crippen LogP contribution in [0.1, 0.15) is 65.2 Å². The van der Waals surface area contributed by atoms with Gasteiger partial charge >= 0.3 is 0 Å². The van der Waals surface area contributed by atoms with Gasteiger partial charge in [0.25, 0.3) is 0 Å². The van der Waals surface area contributed by atoms with Crippen molar-refractivity contribution >= 4 is 0 Å². The van der Waals surface area contributed by atoms with E-state index < -0.39 is 0 Å². The molecule has 0 radical (unpaired) electrons. The van der Waals surface area contributed by atoms with E-state index in [0.29, 0.717) is 12.7 Å². The highest BCUT2D eigenvalue weighted by Crippen LogP contribution is 2.42. The first kappa shape index (κ1) is 15.1. The summed E-state index contributed by atoms with van der Waals surface area (Å²) in [6, 6.07) is 0. The van der Waals surface area contributed by atoms with Crippen molar-refractivity contribution in [2.24, 2.45) is 23.7 Å². The van der Waals surface area contributed by atoms with Gasteiger partial charge in [-0.15, -0.1) is 6.58 Å². The molecule has 2 aliphatic rings. The van der Waals surface area contributed by atoms with E-state index >= 15 is 0 Å². The average Bonchev–Trinajstić information content (AvgIpc) is 2.46. The van der Waals surface area contributed by atoms with Crippen molar-refractivity contribution < 1.29 is 4.74 Å². The Labute approximate surface area is 119 Å². The first-order valence-corrected chi connectivity index (χ1v) is 8.43. The molecule has 0 saturated heterocycles. The lowest BCUT2D eigenvalue weighted by Gasteiger charge is -2.38. The van der Waals surface area contributed by atoms with Crippen molar-refractivity contribution in [1.29, 1.82) is 0 Å². The highest BCUT2D eigenvalue weighted by atomic mass is 16.5. The van der Waals surface area contributed by atoms with Gasteiger partial charge in [-0.3, -0.25) is 0 Å². The molecule has 0 bridgehead atoms. The maximum atomic E-state index is 5.81. The first-order chi connectivity index (χ1) is 9.20. The summed E-state index contributed by atoms with van der Waals surface area (Å²) in [7, 11) is 0. The molecule has 0 aromatic heterocycles. The van der Waals surface area contributed by atoms with E-state index in [9.17, 15) is 0 Å². The normalized spacial score (nSPS) is 37.8. The van der Waals surface area contributed by atoms with Crippen LogP contribution >= 0.6 is 0 Å². The van der Waals surface area contributed by atoms with Crippen LogP contribution in [0.15, 0.2) is 12.7 Å². The fourth-order valence-electron chi connectivity index (χ4n) is 4.20. The number of rotatable bonds is 5. The van der Waals surface area contributed by atoms with Gasteiger partial charge in [0, 0.05) is 0 Å². The van der Waals surface area contributed by atoms with E-state index in [-0.39, 0.29) is 0 Å². The Hall–Kier alpha value is -0.300. The maximum Gasteiger partial charge on any atom is 0.0648 e. The summed E-state index contributed by atoms with van der Waals surface area (Å²) in [4.78, 5) is 0. The highest BCUT2D eigenvalue weighted by molar-refractivity contribution is 4.83. The zero-order chi connectivity index (χ0) is 13.7. The average molecular weight is 264 g/mol. The Balaban J connectivity index is 1.71. The van der Waals surface area contributed by atoms with Crippen LogP contribution in [0.5, 0.6) is 0 Å². The third kappa shape index (κ3) is 4.34. The van der Waals surface area contributed by atoms with E-state index in [0.717, 1.165) is 23.7 Å². The molecule has 0 aromatic rings. The van der Waals surface area contributed by atoms with E-state index in [1.807, 2.05) is 6.08 Å². The van der Waals surface area contributed by atoms with Crippen LogP contribution < -0.4 is 0 Å². The van der Waals surface area contributed by atoms with Crippen LogP contribution in [0.3, 0.4) is 0 Å². The summed E-state index contributed by atoms with van der Waals surface area (Å²) in [6.45, 7) is 9.11. The minimum absolute atomic E-state index is 0.422. The molecule has 1 heteroatoms. The van der Waals surface area contributed by atoms with Gasteiger partial charge in [0.05, 0.1) is 12.7 Å². The minimum Gasteiger partial charge on any atom is -0.374 e. The molecule has 19 heavy (non-hydrogen) atoms. The van der Waals surface area contributed by atoms with Gasteiger partial charge in [-0.05, 0) is 69.1 Å². The van der Waals surface area contributed by atoms with Gasteiger partial charge in [-0.2, -0.15) is 0 Å². The molecule has 0 amide bonds. The van der Waals surface area contributed by atoms with E-state index in [1.54, 1.807) is 0 Å². The summed E-state index contributed by atoms with van der Waals surface area (Å²) in [5, 5.41) is 0. The molecule has 0 N–H and O–H groups in total. The monoisotopic (exact) mass is 264 g/mol. The Kier molecular flexibility index (Phi) is 5.94. The molecule has 0 aliphatic heterocycles. The van der Waals surface area contributed by atoms with Crippen LogP contribution in [0.4, 0.5) is 0 Å². The Bertz CT molecular complexity index is 257. The van der Waals surface area contributed by atoms with Crippen molar-refractivity contribution in [1.82, 2.24) is 0 Å². The second kappa shape index (κ2) is 7.47. The van der Waals surface area contributed by atoms with Crippen molar-refractivity contribution in [2.75, 3.05) is 6.61 Å². The molecule has 1 atom stereocenters. The maximum absolute atomic E-state index is 5.81. The highest BCUT2D eigenvalue weighted by Gasteiger charge is 2.31.